The second kappa shape index (κ2) is 9.77. The van der Waals surface area contributed by atoms with E-state index in [2.05, 4.69) is 19.2 Å². The van der Waals surface area contributed by atoms with Gasteiger partial charge in [0.2, 0.25) is 5.91 Å². The van der Waals surface area contributed by atoms with Crippen molar-refractivity contribution in [2.24, 2.45) is 23.5 Å². The molecule has 0 aliphatic rings. The second-order valence-corrected chi connectivity index (χ2v) is 6.25. The molecule has 0 rings (SSSR count). The Morgan fingerprint density at radius 3 is 2.14 bits per heavy atom. The highest BCUT2D eigenvalue weighted by Crippen LogP contribution is 2.22. The lowest BCUT2D eigenvalue weighted by Gasteiger charge is -2.30. The highest BCUT2D eigenvalue weighted by atomic mass is 16.4. The van der Waals surface area contributed by atoms with E-state index in [0.717, 1.165) is 19.3 Å². The van der Waals surface area contributed by atoms with Crippen molar-refractivity contribution in [2.45, 2.75) is 72.4 Å². The first-order valence-electron chi connectivity index (χ1n) is 8.02. The van der Waals surface area contributed by atoms with Gasteiger partial charge in [-0.2, -0.15) is 0 Å². The number of hydrogen-bond acceptors (Lipinski definition) is 3. The normalized spacial score (nSPS) is 18.4. The van der Waals surface area contributed by atoms with Gasteiger partial charge in [0.25, 0.3) is 0 Å². The summed E-state index contributed by atoms with van der Waals surface area (Å²) in [5.74, 6) is -0.591. The lowest BCUT2D eigenvalue weighted by Crippen LogP contribution is -2.51. The summed E-state index contributed by atoms with van der Waals surface area (Å²) in [6.45, 7) is 10.1. The third-order valence-corrected chi connectivity index (χ3v) is 4.56. The van der Waals surface area contributed by atoms with E-state index in [-0.39, 0.29) is 30.2 Å². The Bertz CT molecular complexity index is 333. The number of rotatable bonds is 10. The minimum atomic E-state index is -0.895. The van der Waals surface area contributed by atoms with E-state index in [4.69, 9.17) is 10.8 Å². The van der Waals surface area contributed by atoms with Crippen LogP contribution >= 0.6 is 0 Å². The van der Waals surface area contributed by atoms with Crippen LogP contribution in [-0.4, -0.2) is 29.1 Å². The molecule has 5 atom stereocenters. The third kappa shape index (κ3) is 6.93. The van der Waals surface area contributed by atoms with Crippen molar-refractivity contribution in [1.29, 1.82) is 0 Å². The fourth-order valence-electron chi connectivity index (χ4n) is 2.46. The molecule has 0 aliphatic carbocycles. The van der Waals surface area contributed by atoms with Gasteiger partial charge in [0.15, 0.2) is 0 Å². The highest BCUT2D eigenvalue weighted by molar-refractivity contribution is 5.82. The first-order chi connectivity index (χ1) is 9.74. The molecule has 4 N–H and O–H groups in total. The van der Waals surface area contributed by atoms with Crippen LogP contribution in [0.15, 0.2) is 0 Å². The lowest BCUT2D eigenvalue weighted by molar-refractivity contribution is -0.138. The SMILES string of the molecule is CCCC(C)C(C)C(CC(=O)O)NC(=O)C(N)C(C)CC. The van der Waals surface area contributed by atoms with Crippen LogP contribution in [0.5, 0.6) is 0 Å². The molecular formula is C16H32N2O3. The van der Waals surface area contributed by atoms with Crippen LogP contribution in [0.4, 0.5) is 0 Å². The number of amides is 1. The molecule has 0 fully saturated rings. The fourth-order valence-corrected chi connectivity index (χ4v) is 2.46. The minimum absolute atomic E-state index is 0.0613. The predicted molar refractivity (Wildman–Crippen MR) is 84.8 cm³/mol. The molecule has 5 nitrogen and oxygen atoms in total. The van der Waals surface area contributed by atoms with Crippen LogP contribution in [0, 0.1) is 17.8 Å². The van der Waals surface area contributed by atoms with Gasteiger partial charge in [-0.3, -0.25) is 9.59 Å². The van der Waals surface area contributed by atoms with Crippen molar-refractivity contribution in [1.82, 2.24) is 5.32 Å². The van der Waals surface area contributed by atoms with Gasteiger partial charge in [0, 0.05) is 6.04 Å². The van der Waals surface area contributed by atoms with Crippen molar-refractivity contribution >= 4 is 11.9 Å². The zero-order valence-electron chi connectivity index (χ0n) is 14.1. The van der Waals surface area contributed by atoms with Gasteiger partial charge in [-0.15, -0.1) is 0 Å². The maximum absolute atomic E-state index is 12.2. The molecule has 1 amide bonds. The van der Waals surface area contributed by atoms with Crippen LogP contribution in [0.3, 0.4) is 0 Å². The molecule has 0 aromatic rings. The first-order valence-corrected chi connectivity index (χ1v) is 8.02. The average Bonchev–Trinajstić information content (AvgIpc) is 2.43. The predicted octanol–water partition coefficient (Wildman–Crippen LogP) is 2.39. The monoisotopic (exact) mass is 300 g/mol. The summed E-state index contributed by atoms with van der Waals surface area (Å²) in [5.41, 5.74) is 5.93. The van der Waals surface area contributed by atoms with Crippen molar-refractivity contribution in [2.75, 3.05) is 0 Å². The molecule has 5 unspecified atom stereocenters. The standard InChI is InChI=1S/C16H32N2O3/c1-6-8-11(4)12(5)13(9-14(19)20)18-16(21)15(17)10(3)7-2/h10-13,15H,6-9,17H2,1-5H3,(H,18,21)(H,19,20). The lowest BCUT2D eigenvalue weighted by atomic mass is 9.84. The molecule has 21 heavy (non-hydrogen) atoms. The molecule has 0 bridgehead atoms. The topological polar surface area (TPSA) is 92.4 Å². The second-order valence-electron chi connectivity index (χ2n) is 6.25. The number of carbonyl (C=O) groups excluding carboxylic acids is 1. The first kappa shape index (κ1) is 19.9. The van der Waals surface area contributed by atoms with E-state index in [1.165, 1.54) is 0 Å². The van der Waals surface area contributed by atoms with E-state index >= 15 is 0 Å². The van der Waals surface area contributed by atoms with E-state index in [1.54, 1.807) is 0 Å². The Morgan fingerprint density at radius 2 is 1.71 bits per heavy atom. The quantitative estimate of drug-likeness (QED) is 0.577. The number of aliphatic carboxylic acids is 1. The number of nitrogens with two attached hydrogens (primary N) is 1. The van der Waals surface area contributed by atoms with E-state index in [1.807, 2.05) is 20.8 Å². The van der Waals surface area contributed by atoms with Crippen molar-refractivity contribution < 1.29 is 14.7 Å². The molecule has 124 valence electrons. The minimum Gasteiger partial charge on any atom is -0.481 e. The molecule has 0 heterocycles. The van der Waals surface area contributed by atoms with Gasteiger partial charge in [-0.25, -0.2) is 0 Å². The summed E-state index contributed by atoms with van der Waals surface area (Å²) >= 11 is 0. The summed E-state index contributed by atoms with van der Waals surface area (Å²) in [4.78, 5) is 23.2. The number of carboxylic acid groups (broad SMARTS) is 1. The fraction of sp³-hybridized carbons (Fsp3) is 0.875. The van der Waals surface area contributed by atoms with Gasteiger partial charge < -0.3 is 16.2 Å². The molecule has 0 aromatic carbocycles. The number of hydrogen-bond donors (Lipinski definition) is 3. The van der Waals surface area contributed by atoms with Gasteiger partial charge in [0.05, 0.1) is 12.5 Å². The van der Waals surface area contributed by atoms with Gasteiger partial charge in [-0.1, -0.05) is 53.9 Å². The zero-order valence-corrected chi connectivity index (χ0v) is 14.1. The molecule has 0 aliphatic heterocycles. The van der Waals surface area contributed by atoms with E-state index < -0.39 is 12.0 Å². The Hall–Kier alpha value is -1.10. The Kier molecular flexibility index (Phi) is 9.26. The molecule has 0 saturated carbocycles. The van der Waals surface area contributed by atoms with Crippen LogP contribution in [-0.2, 0) is 9.59 Å². The van der Waals surface area contributed by atoms with Gasteiger partial charge >= 0.3 is 5.97 Å². The molecule has 5 heteroatoms. The Morgan fingerprint density at radius 1 is 1.14 bits per heavy atom. The highest BCUT2D eigenvalue weighted by Gasteiger charge is 2.29. The summed E-state index contributed by atoms with van der Waals surface area (Å²) in [5, 5.41) is 11.9. The van der Waals surface area contributed by atoms with Crippen molar-refractivity contribution in [3.05, 3.63) is 0 Å². The van der Waals surface area contributed by atoms with E-state index in [0.29, 0.717) is 5.92 Å². The summed E-state index contributed by atoms with van der Waals surface area (Å²) < 4.78 is 0. The van der Waals surface area contributed by atoms with E-state index in [9.17, 15) is 9.59 Å². The Labute approximate surface area is 128 Å². The molecule has 0 saturated heterocycles. The molecule has 0 radical (unpaired) electrons. The van der Waals surface area contributed by atoms with Crippen LogP contribution in [0.2, 0.25) is 0 Å². The largest absolute Gasteiger partial charge is 0.481 e. The molecule has 0 aromatic heterocycles. The van der Waals surface area contributed by atoms with Crippen LogP contribution < -0.4 is 11.1 Å². The van der Waals surface area contributed by atoms with Crippen molar-refractivity contribution in [3.8, 4) is 0 Å². The summed E-state index contributed by atoms with van der Waals surface area (Å²) in [6, 6.07) is -0.952. The van der Waals surface area contributed by atoms with Crippen LogP contribution in [0.1, 0.15) is 60.3 Å². The third-order valence-electron chi connectivity index (χ3n) is 4.56. The zero-order chi connectivity index (χ0) is 16.6. The van der Waals surface area contributed by atoms with Gasteiger partial charge in [-0.05, 0) is 17.8 Å². The maximum Gasteiger partial charge on any atom is 0.305 e. The number of carboxylic acids is 1. The average molecular weight is 300 g/mol. The number of nitrogens with one attached hydrogen (secondary N) is 1. The molecule has 0 spiro atoms. The summed E-state index contributed by atoms with van der Waals surface area (Å²) in [7, 11) is 0. The number of carbonyl (C=O) groups is 2. The summed E-state index contributed by atoms with van der Waals surface area (Å²) in [6.07, 6.45) is 2.82. The molecular weight excluding hydrogens is 268 g/mol. The smallest absolute Gasteiger partial charge is 0.305 e. The van der Waals surface area contributed by atoms with Crippen molar-refractivity contribution in [3.63, 3.8) is 0 Å². The van der Waals surface area contributed by atoms with Crippen LogP contribution in [0.25, 0.3) is 0 Å². The Balaban J connectivity index is 4.83. The van der Waals surface area contributed by atoms with Gasteiger partial charge in [0.1, 0.15) is 0 Å². The maximum atomic E-state index is 12.2.